The molecule has 0 saturated carbocycles. The van der Waals surface area contributed by atoms with Crippen LogP contribution in [0.25, 0.3) is 0 Å². The molecule has 1 fully saturated rings. The van der Waals surface area contributed by atoms with E-state index < -0.39 is 6.10 Å². The molecule has 2 atom stereocenters. The van der Waals surface area contributed by atoms with Crippen LogP contribution in [0.4, 0.5) is 0 Å². The molecule has 0 amide bonds. The number of quaternary nitrogens is 2. The lowest BCUT2D eigenvalue weighted by atomic mass is 10.0. The lowest BCUT2D eigenvalue weighted by Crippen LogP contribution is -3.14. The standard InChI is InChI=1S/C17H28N2O3.2ClH/c1-13-12-15(4-5-16(13)20)17(21)14(2)18-6-3-7-19-8-10-22-11-9-19;;/h4-5,12,14,17-18,20-21H,3,6-11H2,1-2H3;2*1H. The molecule has 0 spiro atoms. The molecule has 1 aromatic rings. The van der Waals surface area contributed by atoms with Crippen LogP contribution in [-0.4, -0.2) is 55.6 Å². The molecule has 0 bridgehead atoms. The molecular formula is C17H30Cl2N2O3. The average molecular weight is 381 g/mol. The number of nitrogens with two attached hydrogens (primary N) is 1. The van der Waals surface area contributed by atoms with E-state index in [0.717, 1.165) is 50.4 Å². The second-order valence-corrected chi connectivity index (χ2v) is 6.34. The Hall–Kier alpha value is -0.560. The van der Waals surface area contributed by atoms with Crippen LogP contribution in [0.3, 0.4) is 0 Å². The van der Waals surface area contributed by atoms with Crippen LogP contribution in [-0.2, 0) is 4.74 Å². The van der Waals surface area contributed by atoms with Gasteiger partial charge < -0.3 is 50.0 Å². The fourth-order valence-corrected chi connectivity index (χ4v) is 2.94. The van der Waals surface area contributed by atoms with Gasteiger partial charge in [-0.3, -0.25) is 0 Å². The summed E-state index contributed by atoms with van der Waals surface area (Å²) in [5.41, 5.74) is 1.68. The van der Waals surface area contributed by atoms with Crippen LogP contribution in [0.2, 0.25) is 0 Å². The highest BCUT2D eigenvalue weighted by Crippen LogP contribution is 2.22. The number of aliphatic hydroxyl groups excluding tert-OH is 1. The van der Waals surface area contributed by atoms with E-state index in [1.54, 1.807) is 17.0 Å². The molecule has 1 aliphatic heterocycles. The minimum Gasteiger partial charge on any atom is -1.00 e. The summed E-state index contributed by atoms with van der Waals surface area (Å²) in [6, 6.07) is 5.43. The third-order valence-corrected chi connectivity index (χ3v) is 4.53. The quantitative estimate of drug-likeness (QED) is 0.355. The van der Waals surface area contributed by atoms with Gasteiger partial charge in [-0.1, -0.05) is 6.07 Å². The van der Waals surface area contributed by atoms with Crippen LogP contribution in [0, 0.1) is 6.92 Å². The molecule has 2 rings (SSSR count). The summed E-state index contributed by atoms with van der Waals surface area (Å²) in [5.74, 6) is 0.279. The van der Waals surface area contributed by atoms with Gasteiger partial charge in [0, 0.05) is 6.42 Å². The fraction of sp³-hybridized carbons (Fsp3) is 0.647. The van der Waals surface area contributed by atoms with Crippen molar-refractivity contribution in [1.29, 1.82) is 0 Å². The Balaban J connectivity index is 0.00000264. The molecule has 7 heteroatoms. The molecule has 1 aromatic carbocycles. The molecule has 140 valence electrons. The number of phenols is 1. The van der Waals surface area contributed by atoms with E-state index in [4.69, 9.17) is 4.74 Å². The van der Waals surface area contributed by atoms with Gasteiger partial charge in [0.05, 0.1) is 26.3 Å². The van der Waals surface area contributed by atoms with E-state index in [1.807, 2.05) is 13.0 Å². The Bertz CT molecular complexity index is 471. The summed E-state index contributed by atoms with van der Waals surface area (Å²) in [7, 11) is 0. The molecule has 5 N–H and O–H groups in total. The van der Waals surface area contributed by atoms with Crippen molar-refractivity contribution in [2.24, 2.45) is 0 Å². The summed E-state index contributed by atoms with van der Waals surface area (Å²) in [6.45, 7) is 10.1. The largest absolute Gasteiger partial charge is 1.00 e. The molecule has 1 aliphatic rings. The van der Waals surface area contributed by atoms with E-state index in [9.17, 15) is 10.2 Å². The number of nitrogens with one attached hydrogen (secondary N) is 1. The summed E-state index contributed by atoms with van der Waals surface area (Å²) < 4.78 is 5.36. The van der Waals surface area contributed by atoms with Crippen molar-refractivity contribution >= 4 is 0 Å². The fourth-order valence-electron chi connectivity index (χ4n) is 2.94. The number of halogens is 2. The lowest BCUT2D eigenvalue weighted by Gasteiger charge is -2.24. The van der Waals surface area contributed by atoms with Gasteiger partial charge in [-0.15, -0.1) is 0 Å². The summed E-state index contributed by atoms with van der Waals surface area (Å²) in [6.07, 6.45) is 0.649. The summed E-state index contributed by atoms with van der Waals surface area (Å²) >= 11 is 0. The van der Waals surface area contributed by atoms with E-state index in [2.05, 4.69) is 12.2 Å². The Morgan fingerprint density at radius 3 is 2.54 bits per heavy atom. The zero-order valence-corrected chi connectivity index (χ0v) is 16.0. The molecule has 5 nitrogen and oxygen atoms in total. The van der Waals surface area contributed by atoms with E-state index >= 15 is 0 Å². The maximum Gasteiger partial charge on any atom is 0.130 e. The minimum absolute atomic E-state index is 0. The summed E-state index contributed by atoms with van der Waals surface area (Å²) in [4.78, 5) is 1.63. The topological polar surface area (TPSA) is 70.7 Å². The van der Waals surface area contributed by atoms with Gasteiger partial charge in [-0.25, -0.2) is 0 Å². The lowest BCUT2D eigenvalue weighted by molar-refractivity contribution is -0.909. The molecule has 0 radical (unpaired) electrons. The number of hydrogen-bond donors (Lipinski definition) is 4. The maximum atomic E-state index is 10.4. The van der Waals surface area contributed by atoms with Crippen molar-refractivity contribution in [1.82, 2.24) is 0 Å². The van der Waals surface area contributed by atoms with Crippen LogP contribution in [0.5, 0.6) is 5.75 Å². The van der Waals surface area contributed by atoms with Crippen molar-refractivity contribution < 1.29 is 50.0 Å². The number of aryl methyl sites for hydroxylation is 1. The van der Waals surface area contributed by atoms with E-state index in [1.165, 1.54) is 6.54 Å². The first-order valence-electron chi connectivity index (χ1n) is 8.30. The number of rotatable bonds is 7. The highest BCUT2D eigenvalue weighted by atomic mass is 35.5. The number of hydrogen-bond acceptors (Lipinski definition) is 3. The normalized spacial score (nSPS) is 17.5. The number of ether oxygens (including phenoxy) is 1. The van der Waals surface area contributed by atoms with Gasteiger partial charge in [0.25, 0.3) is 0 Å². The highest BCUT2D eigenvalue weighted by molar-refractivity contribution is 5.36. The SMILES string of the molecule is Cc1cc(C(O)C(C)[NH2+]CCC[NH+]2CCOCC2)ccc1O.[Cl-].[Cl-]. The number of morpholine rings is 1. The first-order valence-corrected chi connectivity index (χ1v) is 8.30. The first kappa shape index (κ1) is 23.4. The maximum absolute atomic E-state index is 10.4. The monoisotopic (exact) mass is 380 g/mol. The average Bonchev–Trinajstić information content (AvgIpc) is 2.54. The van der Waals surface area contributed by atoms with E-state index in [-0.39, 0.29) is 36.6 Å². The van der Waals surface area contributed by atoms with Gasteiger partial charge >= 0.3 is 0 Å². The Morgan fingerprint density at radius 2 is 1.92 bits per heavy atom. The van der Waals surface area contributed by atoms with Crippen molar-refractivity contribution in [2.45, 2.75) is 32.4 Å². The molecule has 2 unspecified atom stereocenters. The van der Waals surface area contributed by atoms with Gasteiger partial charge in [-0.2, -0.15) is 0 Å². The zero-order valence-electron chi connectivity index (χ0n) is 14.5. The van der Waals surface area contributed by atoms with Crippen molar-refractivity contribution in [3.63, 3.8) is 0 Å². The van der Waals surface area contributed by atoms with Crippen molar-refractivity contribution in [2.75, 3.05) is 39.4 Å². The zero-order chi connectivity index (χ0) is 15.9. The van der Waals surface area contributed by atoms with Crippen LogP contribution >= 0.6 is 0 Å². The van der Waals surface area contributed by atoms with Gasteiger partial charge in [0.2, 0.25) is 0 Å². The van der Waals surface area contributed by atoms with Crippen LogP contribution < -0.4 is 35.0 Å². The van der Waals surface area contributed by atoms with Gasteiger partial charge in [0.1, 0.15) is 31.0 Å². The molecule has 0 aromatic heterocycles. The number of benzene rings is 1. The van der Waals surface area contributed by atoms with Crippen molar-refractivity contribution in [3.05, 3.63) is 29.3 Å². The van der Waals surface area contributed by atoms with E-state index in [0.29, 0.717) is 0 Å². The molecule has 1 saturated heterocycles. The van der Waals surface area contributed by atoms with Gasteiger partial charge in [-0.05, 0) is 37.1 Å². The Labute approximate surface area is 157 Å². The predicted octanol–water partition coefficient (Wildman–Crippen LogP) is -7.00. The number of phenolic OH excluding ortho intramolecular Hbond substituents is 1. The molecule has 0 aliphatic carbocycles. The smallest absolute Gasteiger partial charge is 0.130 e. The van der Waals surface area contributed by atoms with Crippen molar-refractivity contribution in [3.8, 4) is 5.75 Å². The predicted molar refractivity (Wildman–Crippen MR) is 85.1 cm³/mol. The third-order valence-electron chi connectivity index (χ3n) is 4.53. The molecule has 24 heavy (non-hydrogen) atoms. The Morgan fingerprint density at radius 1 is 1.25 bits per heavy atom. The third kappa shape index (κ3) is 7.13. The second kappa shape index (κ2) is 11.9. The molecular weight excluding hydrogens is 351 g/mol. The molecule has 1 heterocycles. The number of aliphatic hydroxyl groups is 1. The van der Waals surface area contributed by atoms with Crippen LogP contribution in [0.15, 0.2) is 18.2 Å². The van der Waals surface area contributed by atoms with Gasteiger partial charge in [0.15, 0.2) is 0 Å². The highest BCUT2D eigenvalue weighted by Gasteiger charge is 2.20. The summed E-state index contributed by atoms with van der Waals surface area (Å²) in [5, 5.41) is 22.2. The van der Waals surface area contributed by atoms with Crippen LogP contribution in [0.1, 0.15) is 30.6 Å². The second-order valence-electron chi connectivity index (χ2n) is 6.34. The first-order chi connectivity index (χ1) is 10.6. The number of aromatic hydroxyl groups is 1. The Kier molecular flexibility index (Phi) is 11.6. The minimum atomic E-state index is -0.505.